The number of nitrogens with zero attached hydrogens (tertiary/aromatic N) is 3. The molecule has 1 saturated heterocycles. The summed E-state index contributed by atoms with van der Waals surface area (Å²) in [4.78, 5) is 18.8. The number of fused-ring (bicyclic) bond motifs is 1. The lowest BCUT2D eigenvalue weighted by Crippen LogP contribution is -2.50. The number of hydrogen-bond acceptors (Lipinski definition) is 2. The highest BCUT2D eigenvalue weighted by atomic mass is 16.2. The van der Waals surface area contributed by atoms with Crippen molar-refractivity contribution in [3.8, 4) is 0 Å². The number of urea groups is 1. The molecule has 1 fully saturated rings. The smallest absolute Gasteiger partial charge is 0.324 e. The highest BCUT2D eigenvalue weighted by Crippen LogP contribution is 2.32. The lowest BCUT2D eigenvalue weighted by Gasteiger charge is -2.39. The second-order valence-electron chi connectivity index (χ2n) is 5.39. The number of benzene rings is 1. The van der Waals surface area contributed by atoms with Gasteiger partial charge in [0.1, 0.15) is 0 Å². The Morgan fingerprint density at radius 2 is 1.63 bits per heavy atom. The number of rotatable bonds is 0. The second-order valence-corrected chi connectivity index (χ2v) is 5.39. The summed E-state index contributed by atoms with van der Waals surface area (Å²) in [7, 11) is 2.08. The first kappa shape index (κ1) is 12.3. The number of amides is 2. The Morgan fingerprint density at radius 3 is 2.37 bits per heavy atom. The van der Waals surface area contributed by atoms with Gasteiger partial charge in [-0.3, -0.25) is 4.90 Å². The van der Waals surface area contributed by atoms with Crippen LogP contribution < -0.4 is 9.80 Å². The van der Waals surface area contributed by atoms with E-state index in [0.29, 0.717) is 0 Å². The van der Waals surface area contributed by atoms with Crippen molar-refractivity contribution in [2.75, 3.05) is 43.0 Å². The van der Waals surface area contributed by atoms with Gasteiger partial charge in [-0.05, 0) is 31.4 Å². The quantitative estimate of drug-likeness (QED) is 0.716. The number of piperidine rings is 1. The summed E-state index contributed by atoms with van der Waals surface area (Å²) >= 11 is 0. The van der Waals surface area contributed by atoms with Gasteiger partial charge in [-0.2, -0.15) is 0 Å². The summed E-state index contributed by atoms with van der Waals surface area (Å²) in [5.41, 5.74) is 2.20. The van der Waals surface area contributed by atoms with Crippen molar-refractivity contribution in [2.24, 2.45) is 0 Å². The van der Waals surface area contributed by atoms with E-state index < -0.39 is 0 Å². The van der Waals surface area contributed by atoms with Crippen LogP contribution >= 0.6 is 0 Å². The standard InChI is InChI=1S/C15H21N3O/c1-16-11-12-18(14-8-4-3-7-13(14)16)15(19)17-9-5-2-6-10-17/h3-4,7-8H,2,5-6,9-12H2,1H3. The maximum Gasteiger partial charge on any atom is 0.324 e. The number of para-hydroxylation sites is 2. The average molecular weight is 259 g/mol. The van der Waals surface area contributed by atoms with E-state index in [1.54, 1.807) is 0 Å². The minimum absolute atomic E-state index is 0.181. The van der Waals surface area contributed by atoms with Crippen LogP contribution in [0.1, 0.15) is 19.3 Å². The van der Waals surface area contributed by atoms with Crippen molar-refractivity contribution < 1.29 is 4.79 Å². The molecular weight excluding hydrogens is 238 g/mol. The van der Waals surface area contributed by atoms with Crippen molar-refractivity contribution in [1.82, 2.24) is 4.90 Å². The first-order chi connectivity index (χ1) is 9.27. The molecule has 4 nitrogen and oxygen atoms in total. The monoisotopic (exact) mass is 259 g/mol. The molecule has 0 aromatic heterocycles. The molecule has 0 saturated carbocycles. The Morgan fingerprint density at radius 1 is 0.947 bits per heavy atom. The first-order valence-electron chi connectivity index (χ1n) is 7.14. The fourth-order valence-corrected chi connectivity index (χ4v) is 2.96. The van der Waals surface area contributed by atoms with Gasteiger partial charge in [0, 0.05) is 33.2 Å². The fourth-order valence-electron chi connectivity index (χ4n) is 2.96. The summed E-state index contributed by atoms with van der Waals surface area (Å²) in [6.45, 7) is 3.50. The molecule has 0 unspecified atom stereocenters. The summed E-state index contributed by atoms with van der Waals surface area (Å²) in [6, 6.07) is 8.36. The maximum atomic E-state index is 12.7. The molecule has 2 heterocycles. The summed E-state index contributed by atoms with van der Waals surface area (Å²) in [5.74, 6) is 0. The Labute approximate surface area is 114 Å². The van der Waals surface area contributed by atoms with E-state index >= 15 is 0 Å². The van der Waals surface area contributed by atoms with E-state index in [4.69, 9.17) is 0 Å². The number of carbonyl (C=O) groups is 1. The fraction of sp³-hybridized carbons (Fsp3) is 0.533. The van der Waals surface area contributed by atoms with Gasteiger partial charge in [-0.1, -0.05) is 12.1 Å². The topological polar surface area (TPSA) is 26.8 Å². The molecule has 0 spiro atoms. The zero-order chi connectivity index (χ0) is 13.2. The van der Waals surface area contributed by atoms with Crippen LogP contribution in [-0.4, -0.2) is 44.2 Å². The van der Waals surface area contributed by atoms with Crippen LogP contribution in [-0.2, 0) is 0 Å². The molecule has 0 radical (unpaired) electrons. The van der Waals surface area contributed by atoms with Crippen LogP contribution in [0.15, 0.2) is 24.3 Å². The lowest BCUT2D eigenvalue weighted by molar-refractivity contribution is 0.193. The third-order valence-electron chi connectivity index (χ3n) is 4.10. The number of hydrogen-bond donors (Lipinski definition) is 0. The molecule has 0 atom stereocenters. The van der Waals surface area contributed by atoms with E-state index in [1.165, 1.54) is 6.42 Å². The van der Waals surface area contributed by atoms with Gasteiger partial charge in [0.15, 0.2) is 0 Å². The predicted molar refractivity (Wildman–Crippen MR) is 77.9 cm³/mol. The van der Waals surface area contributed by atoms with Crippen LogP contribution in [0.4, 0.5) is 16.2 Å². The van der Waals surface area contributed by atoms with Crippen LogP contribution in [0.2, 0.25) is 0 Å². The second kappa shape index (κ2) is 5.11. The summed E-state index contributed by atoms with van der Waals surface area (Å²) in [6.07, 6.45) is 3.53. The Balaban J connectivity index is 1.85. The van der Waals surface area contributed by atoms with E-state index in [0.717, 1.165) is 50.4 Å². The Hall–Kier alpha value is -1.71. The highest BCUT2D eigenvalue weighted by molar-refractivity contribution is 5.96. The van der Waals surface area contributed by atoms with Crippen molar-refractivity contribution >= 4 is 17.4 Å². The number of likely N-dealkylation sites (tertiary alicyclic amines) is 1. The van der Waals surface area contributed by atoms with Gasteiger partial charge in [0.05, 0.1) is 11.4 Å². The van der Waals surface area contributed by atoms with Crippen LogP contribution in [0, 0.1) is 0 Å². The minimum Gasteiger partial charge on any atom is -0.371 e. The molecule has 2 amide bonds. The number of carbonyl (C=O) groups excluding carboxylic acids is 1. The van der Waals surface area contributed by atoms with Gasteiger partial charge in [-0.15, -0.1) is 0 Å². The molecule has 1 aromatic rings. The van der Waals surface area contributed by atoms with E-state index in [2.05, 4.69) is 18.0 Å². The molecule has 3 rings (SSSR count). The van der Waals surface area contributed by atoms with Gasteiger partial charge < -0.3 is 9.80 Å². The molecule has 0 N–H and O–H groups in total. The van der Waals surface area contributed by atoms with E-state index in [9.17, 15) is 4.79 Å². The Kier molecular flexibility index (Phi) is 3.32. The van der Waals surface area contributed by atoms with Crippen LogP contribution in [0.25, 0.3) is 0 Å². The Bertz CT molecular complexity index is 468. The van der Waals surface area contributed by atoms with Crippen LogP contribution in [0.3, 0.4) is 0 Å². The molecule has 0 aliphatic carbocycles. The molecule has 102 valence electrons. The van der Waals surface area contributed by atoms with Gasteiger partial charge in [0.25, 0.3) is 0 Å². The van der Waals surface area contributed by atoms with Gasteiger partial charge in [0.2, 0.25) is 0 Å². The van der Waals surface area contributed by atoms with Crippen molar-refractivity contribution in [2.45, 2.75) is 19.3 Å². The summed E-state index contributed by atoms with van der Waals surface area (Å²) < 4.78 is 0. The van der Waals surface area contributed by atoms with Gasteiger partial charge >= 0.3 is 6.03 Å². The van der Waals surface area contributed by atoms with Crippen molar-refractivity contribution in [3.63, 3.8) is 0 Å². The molecular formula is C15H21N3O. The van der Waals surface area contributed by atoms with Crippen LogP contribution in [0.5, 0.6) is 0 Å². The zero-order valence-corrected chi connectivity index (χ0v) is 11.5. The third-order valence-corrected chi connectivity index (χ3v) is 4.10. The number of likely N-dealkylation sites (N-methyl/N-ethyl adjacent to an activating group) is 1. The lowest BCUT2D eigenvalue weighted by atomic mass is 10.1. The third kappa shape index (κ3) is 2.27. The minimum atomic E-state index is 0.181. The molecule has 4 heteroatoms. The van der Waals surface area contributed by atoms with Gasteiger partial charge in [-0.25, -0.2) is 4.79 Å². The summed E-state index contributed by atoms with van der Waals surface area (Å²) in [5, 5.41) is 0. The number of anilines is 2. The SMILES string of the molecule is CN1CCN(C(=O)N2CCCCC2)c2ccccc21. The maximum absolute atomic E-state index is 12.7. The molecule has 2 aliphatic rings. The molecule has 1 aromatic carbocycles. The predicted octanol–water partition coefficient (Wildman–Crippen LogP) is 2.55. The van der Waals surface area contributed by atoms with E-state index in [-0.39, 0.29) is 6.03 Å². The first-order valence-corrected chi connectivity index (χ1v) is 7.14. The largest absolute Gasteiger partial charge is 0.371 e. The average Bonchev–Trinajstić information content (AvgIpc) is 2.48. The van der Waals surface area contributed by atoms with Crippen molar-refractivity contribution in [1.29, 1.82) is 0 Å². The normalized spacial score (nSPS) is 19.3. The van der Waals surface area contributed by atoms with Crippen molar-refractivity contribution in [3.05, 3.63) is 24.3 Å². The van der Waals surface area contributed by atoms with E-state index in [1.807, 2.05) is 28.0 Å². The molecule has 2 aliphatic heterocycles. The zero-order valence-electron chi connectivity index (χ0n) is 11.5. The highest BCUT2D eigenvalue weighted by Gasteiger charge is 2.28. The molecule has 0 bridgehead atoms. The molecule has 19 heavy (non-hydrogen) atoms.